The molecule has 3 N–H and O–H groups in total. The highest BCUT2D eigenvalue weighted by Crippen LogP contribution is 2.27. The summed E-state index contributed by atoms with van der Waals surface area (Å²) in [5, 5.41) is 10.0. The Balaban J connectivity index is 2.06. The molecular formula is C13H14N2O3S. The molecule has 0 saturated carbocycles. The Morgan fingerprint density at radius 3 is 2.68 bits per heavy atom. The second-order valence-corrected chi connectivity index (χ2v) is 5.17. The first-order valence-electron chi connectivity index (χ1n) is 5.75. The number of aliphatic carboxylic acids is 1. The number of nitrogens with two attached hydrogens (primary N) is 1. The maximum absolute atomic E-state index is 12.2. The van der Waals surface area contributed by atoms with Gasteiger partial charge < -0.3 is 15.7 Å². The van der Waals surface area contributed by atoms with E-state index in [-0.39, 0.29) is 12.3 Å². The van der Waals surface area contributed by atoms with E-state index in [1.807, 2.05) is 30.3 Å². The van der Waals surface area contributed by atoms with Gasteiger partial charge in [0.15, 0.2) is 0 Å². The van der Waals surface area contributed by atoms with Gasteiger partial charge in [0.1, 0.15) is 11.4 Å². The molecule has 0 aliphatic carbocycles. The third kappa shape index (κ3) is 3.15. The van der Waals surface area contributed by atoms with Crippen LogP contribution in [0.15, 0.2) is 41.9 Å². The quantitative estimate of drug-likeness (QED) is 0.859. The highest BCUT2D eigenvalue weighted by molar-refractivity contribution is 8.03. The van der Waals surface area contributed by atoms with E-state index in [1.165, 1.54) is 16.7 Å². The van der Waals surface area contributed by atoms with Gasteiger partial charge in [-0.2, -0.15) is 0 Å². The predicted octanol–water partition coefficient (Wildman–Crippen LogP) is 1.01. The van der Waals surface area contributed by atoms with Crippen molar-refractivity contribution in [3.8, 4) is 0 Å². The minimum absolute atomic E-state index is 0.158. The maximum atomic E-state index is 12.2. The molecule has 0 bridgehead atoms. The molecule has 0 fully saturated rings. The molecule has 0 spiro atoms. The van der Waals surface area contributed by atoms with Crippen LogP contribution in [0.4, 0.5) is 0 Å². The second-order valence-electron chi connectivity index (χ2n) is 4.14. The smallest absolute Gasteiger partial charge is 0.323 e. The van der Waals surface area contributed by atoms with Crippen LogP contribution in [0, 0.1) is 0 Å². The first-order valence-corrected chi connectivity index (χ1v) is 6.69. The molecule has 1 amide bonds. The topological polar surface area (TPSA) is 83.6 Å². The zero-order valence-corrected chi connectivity index (χ0v) is 10.9. The number of amides is 1. The van der Waals surface area contributed by atoms with Gasteiger partial charge in [-0.15, -0.1) is 11.8 Å². The molecule has 19 heavy (non-hydrogen) atoms. The van der Waals surface area contributed by atoms with Gasteiger partial charge in [0.25, 0.3) is 0 Å². The highest BCUT2D eigenvalue weighted by Gasteiger charge is 2.34. The fourth-order valence-electron chi connectivity index (χ4n) is 1.80. The molecule has 1 aromatic carbocycles. The van der Waals surface area contributed by atoms with Crippen LogP contribution < -0.4 is 5.73 Å². The zero-order valence-electron chi connectivity index (χ0n) is 10.1. The number of thioether (sulfide) groups is 1. The van der Waals surface area contributed by atoms with Crippen molar-refractivity contribution in [1.82, 2.24) is 4.90 Å². The lowest BCUT2D eigenvalue weighted by Gasteiger charge is -2.25. The van der Waals surface area contributed by atoms with Crippen LogP contribution in [0.3, 0.4) is 0 Å². The van der Waals surface area contributed by atoms with Crippen LogP contribution in [-0.4, -0.2) is 33.3 Å². The van der Waals surface area contributed by atoms with Gasteiger partial charge in [-0.1, -0.05) is 30.3 Å². The third-order valence-corrected chi connectivity index (χ3v) is 3.87. The number of hydrogen-bond donors (Lipinski definition) is 2. The Kier molecular flexibility index (Phi) is 4.24. The number of carbonyl (C=O) groups is 2. The van der Waals surface area contributed by atoms with Crippen molar-refractivity contribution < 1.29 is 14.7 Å². The first kappa shape index (κ1) is 13.6. The molecule has 6 heteroatoms. The Morgan fingerprint density at radius 2 is 2.05 bits per heavy atom. The zero-order chi connectivity index (χ0) is 13.8. The van der Waals surface area contributed by atoms with E-state index in [0.717, 1.165) is 5.56 Å². The number of benzene rings is 1. The van der Waals surface area contributed by atoms with Crippen molar-refractivity contribution in [2.75, 3.05) is 0 Å². The highest BCUT2D eigenvalue weighted by atomic mass is 32.2. The molecule has 5 nitrogen and oxygen atoms in total. The normalized spacial score (nSPS) is 19.4. The number of carbonyl (C=O) groups excluding carboxylic acids is 1. The van der Waals surface area contributed by atoms with E-state index >= 15 is 0 Å². The fraction of sp³-hybridized carbons (Fsp3) is 0.231. The second kappa shape index (κ2) is 5.90. The van der Waals surface area contributed by atoms with Crippen molar-refractivity contribution >= 4 is 23.6 Å². The SMILES string of the molecule is NC(C(=O)O)C1SC=CN1C(=O)Cc1ccccc1. The Morgan fingerprint density at radius 1 is 1.37 bits per heavy atom. The fourth-order valence-corrected chi connectivity index (χ4v) is 2.77. The number of rotatable bonds is 4. The van der Waals surface area contributed by atoms with E-state index in [4.69, 9.17) is 10.8 Å². The van der Waals surface area contributed by atoms with Gasteiger partial charge in [-0.3, -0.25) is 9.59 Å². The monoisotopic (exact) mass is 278 g/mol. The molecular weight excluding hydrogens is 264 g/mol. The van der Waals surface area contributed by atoms with Crippen molar-refractivity contribution in [3.05, 3.63) is 47.5 Å². The van der Waals surface area contributed by atoms with Gasteiger partial charge in [-0.25, -0.2) is 0 Å². The van der Waals surface area contributed by atoms with Crippen molar-refractivity contribution in [2.45, 2.75) is 17.8 Å². The lowest BCUT2D eigenvalue weighted by atomic mass is 10.1. The van der Waals surface area contributed by atoms with Crippen LogP contribution >= 0.6 is 11.8 Å². The summed E-state index contributed by atoms with van der Waals surface area (Å²) in [7, 11) is 0. The van der Waals surface area contributed by atoms with Gasteiger partial charge in [-0.05, 0) is 11.0 Å². The van der Waals surface area contributed by atoms with Crippen LogP contribution in [0.5, 0.6) is 0 Å². The number of hydrogen-bond acceptors (Lipinski definition) is 4. The molecule has 2 rings (SSSR count). The van der Waals surface area contributed by atoms with E-state index in [1.54, 1.807) is 11.6 Å². The van der Waals surface area contributed by atoms with Crippen molar-refractivity contribution in [3.63, 3.8) is 0 Å². The molecule has 0 radical (unpaired) electrons. The van der Waals surface area contributed by atoms with Gasteiger partial charge >= 0.3 is 5.97 Å². The number of carboxylic acids is 1. The van der Waals surface area contributed by atoms with Crippen LogP contribution in [-0.2, 0) is 16.0 Å². The van der Waals surface area contributed by atoms with Gasteiger partial charge in [0.05, 0.1) is 6.42 Å². The largest absolute Gasteiger partial charge is 0.480 e. The average Bonchev–Trinajstić information content (AvgIpc) is 2.88. The molecule has 0 saturated heterocycles. The van der Waals surface area contributed by atoms with Crippen molar-refractivity contribution in [1.29, 1.82) is 0 Å². The standard InChI is InChI=1S/C13H14N2O3S/c14-11(13(17)18)12-15(6-7-19-12)10(16)8-9-4-2-1-3-5-9/h1-7,11-12H,8,14H2,(H,17,18). The van der Waals surface area contributed by atoms with E-state index in [2.05, 4.69) is 0 Å². The Bertz CT molecular complexity index is 504. The molecule has 0 aromatic heterocycles. The van der Waals surface area contributed by atoms with Crippen LogP contribution in [0.2, 0.25) is 0 Å². The summed E-state index contributed by atoms with van der Waals surface area (Å²) in [6, 6.07) is 8.21. The van der Waals surface area contributed by atoms with E-state index in [9.17, 15) is 9.59 Å². The maximum Gasteiger partial charge on any atom is 0.323 e. The molecule has 2 atom stereocenters. The summed E-state index contributed by atoms with van der Waals surface area (Å²) in [5.41, 5.74) is 6.48. The molecule has 1 aliphatic rings. The minimum Gasteiger partial charge on any atom is -0.480 e. The molecule has 1 heterocycles. The molecule has 100 valence electrons. The summed E-state index contributed by atoms with van der Waals surface area (Å²) >= 11 is 1.24. The van der Waals surface area contributed by atoms with Crippen LogP contribution in [0.1, 0.15) is 5.56 Å². The summed E-state index contributed by atoms with van der Waals surface area (Å²) < 4.78 is 0. The van der Waals surface area contributed by atoms with E-state index < -0.39 is 17.4 Å². The average molecular weight is 278 g/mol. The summed E-state index contributed by atoms with van der Waals surface area (Å²) in [6.07, 6.45) is 1.82. The molecule has 1 aliphatic heterocycles. The number of carboxylic acid groups (broad SMARTS) is 1. The molecule has 2 unspecified atom stereocenters. The van der Waals surface area contributed by atoms with E-state index in [0.29, 0.717) is 0 Å². The Hall–Kier alpha value is -1.79. The summed E-state index contributed by atoms with van der Waals surface area (Å²) in [6.45, 7) is 0. The lowest BCUT2D eigenvalue weighted by molar-refractivity contribution is -0.139. The van der Waals surface area contributed by atoms with Crippen molar-refractivity contribution in [2.24, 2.45) is 5.73 Å². The molecule has 1 aromatic rings. The van der Waals surface area contributed by atoms with Gasteiger partial charge in [0, 0.05) is 6.20 Å². The predicted molar refractivity (Wildman–Crippen MR) is 73.1 cm³/mol. The number of nitrogens with zero attached hydrogens (tertiary/aromatic N) is 1. The first-order chi connectivity index (χ1) is 9.09. The van der Waals surface area contributed by atoms with Crippen LogP contribution in [0.25, 0.3) is 0 Å². The minimum atomic E-state index is -1.11. The summed E-state index contributed by atoms with van der Waals surface area (Å²) in [5.74, 6) is -1.27. The third-order valence-electron chi connectivity index (χ3n) is 2.79. The van der Waals surface area contributed by atoms with Gasteiger partial charge in [0.2, 0.25) is 5.91 Å². The Labute approximate surface area is 115 Å². The lowest BCUT2D eigenvalue weighted by Crippen LogP contribution is -2.48. The summed E-state index contributed by atoms with van der Waals surface area (Å²) in [4.78, 5) is 24.5.